The topological polar surface area (TPSA) is 88.0 Å². The molecule has 0 atom stereocenters. The van der Waals surface area contributed by atoms with Gasteiger partial charge in [-0.1, -0.05) is 6.07 Å². The Labute approximate surface area is 170 Å². The van der Waals surface area contributed by atoms with Gasteiger partial charge in [-0.3, -0.25) is 4.79 Å². The van der Waals surface area contributed by atoms with Gasteiger partial charge in [-0.25, -0.2) is 4.98 Å². The Kier molecular flexibility index (Phi) is 5.81. The first-order valence-corrected chi connectivity index (χ1v) is 9.44. The summed E-state index contributed by atoms with van der Waals surface area (Å²) in [6.07, 6.45) is 1.70. The van der Waals surface area contributed by atoms with Gasteiger partial charge in [-0.05, 0) is 71.2 Å². The second-order valence-electron chi connectivity index (χ2n) is 6.13. The maximum absolute atomic E-state index is 11.4. The molecule has 0 aliphatic heterocycles. The van der Waals surface area contributed by atoms with Crippen molar-refractivity contribution in [3.05, 3.63) is 51.8 Å². The Morgan fingerprint density at radius 2 is 2.14 bits per heavy atom. The van der Waals surface area contributed by atoms with E-state index in [1.807, 2.05) is 32.0 Å². The van der Waals surface area contributed by atoms with Gasteiger partial charge in [0.15, 0.2) is 11.5 Å². The molecule has 1 heterocycles. The number of H-pyrrole nitrogens is 1. The van der Waals surface area contributed by atoms with Gasteiger partial charge in [-0.2, -0.15) is 5.26 Å². The van der Waals surface area contributed by atoms with Gasteiger partial charge in [0.05, 0.1) is 27.7 Å². The number of halogens is 1. The number of carbonyl (C=O) groups excluding carboxylic acids is 1. The number of hydrogen-bond acceptors (Lipinski definition) is 5. The summed E-state index contributed by atoms with van der Waals surface area (Å²) in [6.45, 7) is 5.57. The minimum absolute atomic E-state index is 0.309. The van der Waals surface area contributed by atoms with Crippen molar-refractivity contribution in [2.75, 3.05) is 6.61 Å². The molecule has 0 spiro atoms. The molecular formula is C21H18BrN3O3. The van der Waals surface area contributed by atoms with Crippen LogP contribution in [-0.2, 0) is 4.79 Å². The summed E-state index contributed by atoms with van der Waals surface area (Å²) < 4.78 is 11.4. The molecule has 0 amide bonds. The number of carbonyl (C=O) groups is 1. The van der Waals surface area contributed by atoms with Gasteiger partial charge in [0.1, 0.15) is 11.9 Å². The molecule has 0 radical (unpaired) electrons. The molecule has 6 nitrogen and oxygen atoms in total. The molecule has 0 saturated carbocycles. The van der Waals surface area contributed by atoms with Crippen molar-refractivity contribution in [2.45, 2.75) is 20.8 Å². The zero-order valence-corrected chi connectivity index (χ0v) is 17.3. The van der Waals surface area contributed by atoms with Crippen molar-refractivity contribution in [2.24, 2.45) is 0 Å². The largest absolute Gasteiger partial charge is 0.490 e. The molecule has 0 unspecified atom stereocenters. The Hall–Kier alpha value is -3.11. The van der Waals surface area contributed by atoms with Crippen LogP contribution in [0, 0.1) is 18.3 Å². The highest BCUT2D eigenvalue weighted by atomic mass is 79.9. The third kappa shape index (κ3) is 4.24. The molecule has 0 aliphatic rings. The Morgan fingerprint density at radius 3 is 2.82 bits per heavy atom. The molecule has 142 valence electrons. The van der Waals surface area contributed by atoms with E-state index in [0.29, 0.717) is 39.5 Å². The van der Waals surface area contributed by atoms with E-state index in [2.05, 4.69) is 32.0 Å². The van der Waals surface area contributed by atoms with Gasteiger partial charge in [0.25, 0.3) is 0 Å². The number of ether oxygens (including phenoxy) is 2. The smallest absolute Gasteiger partial charge is 0.308 e. The Balaban J connectivity index is 2.06. The highest BCUT2D eigenvalue weighted by Crippen LogP contribution is 2.38. The maximum atomic E-state index is 11.4. The molecule has 1 N–H and O–H groups in total. The summed E-state index contributed by atoms with van der Waals surface area (Å²) in [5.74, 6) is 0.765. The molecule has 7 heteroatoms. The van der Waals surface area contributed by atoms with E-state index in [-0.39, 0.29) is 0 Å². The van der Waals surface area contributed by atoms with Crippen molar-refractivity contribution in [1.29, 1.82) is 5.26 Å². The summed E-state index contributed by atoms with van der Waals surface area (Å²) in [4.78, 5) is 19.0. The lowest BCUT2D eigenvalue weighted by atomic mass is 10.1. The van der Waals surface area contributed by atoms with Crippen LogP contribution in [0.15, 0.2) is 34.8 Å². The number of fused-ring (bicyclic) bond motifs is 1. The summed E-state index contributed by atoms with van der Waals surface area (Å²) in [6, 6.07) is 11.5. The number of aromatic nitrogens is 2. The van der Waals surface area contributed by atoms with Crippen LogP contribution in [0.1, 0.15) is 30.8 Å². The number of nitrogens with one attached hydrogen (secondary N) is 1. The average Bonchev–Trinajstić information content (AvgIpc) is 3.05. The molecule has 2 aromatic carbocycles. The van der Waals surface area contributed by atoms with E-state index in [9.17, 15) is 10.1 Å². The molecule has 0 aliphatic carbocycles. The second kappa shape index (κ2) is 8.28. The summed E-state index contributed by atoms with van der Waals surface area (Å²) in [7, 11) is 0. The Morgan fingerprint density at radius 1 is 1.36 bits per heavy atom. The van der Waals surface area contributed by atoms with Crippen LogP contribution in [0.3, 0.4) is 0 Å². The van der Waals surface area contributed by atoms with Crippen LogP contribution in [0.5, 0.6) is 11.5 Å². The molecule has 0 bridgehead atoms. The number of imidazole rings is 1. The van der Waals surface area contributed by atoms with E-state index >= 15 is 0 Å². The predicted molar refractivity (Wildman–Crippen MR) is 111 cm³/mol. The fourth-order valence-corrected chi connectivity index (χ4v) is 3.29. The average molecular weight is 440 g/mol. The minimum Gasteiger partial charge on any atom is -0.490 e. The van der Waals surface area contributed by atoms with Gasteiger partial charge in [-0.15, -0.1) is 0 Å². The molecule has 1 aromatic heterocycles. The predicted octanol–water partition coefficient (Wildman–Crippen LogP) is 5.02. The van der Waals surface area contributed by atoms with E-state index in [1.54, 1.807) is 18.2 Å². The molecule has 0 fully saturated rings. The normalized spacial score (nSPS) is 11.3. The quantitative estimate of drug-likeness (QED) is 0.342. The standard InChI is InChI=1S/C21H18BrN3O3/c1-4-27-19-10-14(9-16(22)20(19)28-13(3)26)8-15(11-23)21-24-17-6-5-12(2)7-18(17)25-21/h5-10H,4H2,1-3H3,(H,24,25)/b15-8+. The van der Waals surface area contributed by atoms with Crippen molar-refractivity contribution >= 4 is 44.6 Å². The number of nitriles is 1. The third-order valence-electron chi connectivity index (χ3n) is 3.90. The fraction of sp³-hybridized carbons (Fsp3) is 0.190. The highest BCUT2D eigenvalue weighted by molar-refractivity contribution is 9.10. The number of rotatable bonds is 5. The molecule has 3 aromatic rings. The van der Waals surface area contributed by atoms with Gasteiger partial charge < -0.3 is 14.5 Å². The molecular weight excluding hydrogens is 422 g/mol. The van der Waals surface area contributed by atoms with Crippen LogP contribution in [-0.4, -0.2) is 22.5 Å². The first-order valence-electron chi connectivity index (χ1n) is 8.64. The molecule has 3 rings (SSSR count). The third-order valence-corrected chi connectivity index (χ3v) is 4.49. The van der Waals surface area contributed by atoms with E-state index < -0.39 is 5.97 Å². The van der Waals surface area contributed by atoms with Crippen molar-refractivity contribution in [3.8, 4) is 17.6 Å². The van der Waals surface area contributed by atoms with E-state index in [4.69, 9.17) is 9.47 Å². The lowest BCUT2D eigenvalue weighted by Crippen LogP contribution is -2.05. The number of hydrogen-bond donors (Lipinski definition) is 1. The van der Waals surface area contributed by atoms with Crippen LogP contribution in [0.4, 0.5) is 0 Å². The minimum atomic E-state index is -0.444. The second-order valence-corrected chi connectivity index (χ2v) is 6.99. The first kappa shape index (κ1) is 19.6. The Bertz CT molecular complexity index is 1130. The summed E-state index contributed by atoms with van der Waals surface area (Å²) in [5.41, 5.74) is 3.86. The zero-order valence-electron chi connectivity index (χ0n) is 15.7. The van der Waals surface area contributed by atoms with Crippen LogP contribution in [0.25, 0.3) is 22.7 Å². The highest BCUT2D eigenvalue weighted by Gasteiger charge is 2.15. The lowest BCUT2D eigenvalue weighted by molar-refractivity contribution is -0.132. The number of allylic oxidation sites excluding steroid dienone is 1. The van der Waals surface area contributed by atoms with Crippen molar-refractivity contribution < 1.29 is 14.3 Å². The first-order chi connectivity index (χ1) is 13.4. The van der Waals surface area contributed by atoms with Crippen LogP contribution >= 0.6 is 15.9 Å². The van der Waals surface area contributed by atoms with Crippen LogP contribution < -0.4 is 9.47 Å². The molecule has 0 saturated heterocycles. The van der Waals surface area contributed by atoms with E-state index in [0.717, 1.165) is 16.6 Å². The van der Waals surface area contributed by atoms with Crippen molar-refractivity contribution in [1.82, 2.24) is 9.97 Å². The number of esters is 1. The number of aryl methyl sites for hydroxylation is 1. The van der Waals surface area contributed by atoms with Gasteiger partial charge in [0.2, 0.25) is 0 Å². The number of nitrogens with zero attached hydrogens (tertiary/aromatic N) is 2. The fourth-order valence-electron chi connectivity index (χ4n) is 2.75. The monoisotopic (exact) mass is 439 g/mol. The summed E-state index contributed by atoms with van der Waals surface area (Å²) in [5, 5.41) is 9.65. The van der Waals surface area contributed by atoms with Crippen molar-refractivity contribution in [3.63, 3.8) is 0 Å². The SMILES string of the molecule is CCOc1cc(/C=C(\C#N)c2nc3ccc(C)cc3[nH]2)cc(Br)c1OC(C)=O. The molecule has 28 heavy (non-hydrogen) atoms. The van der Waals surface area contributed by atoms with Crippen LogP contribution in [0.2, 0.25) is 0 Å². The van der Waals surface area contributed by atoms with Gasteiger partial charge in [0, 0.05) is 6.92 Å². The van der Waals surface area contributed by atoms with Gasteiger partial charge >= 0.3 is 5.97 Å². The zero-order chi connectivity index (χ0) is 20.3. The lowest BCUT2D eigenvalue weighted by Gasteiger charge is -2.12. The maximum Gasteiger partial charge on any atom is 0.308 e. The number of aromatic amines is 1. The number of benzene rings is 2. The summed E-state index contributed by atoms with van der Waals surface area (Å²) >= 11 is 3.41. The van der Waals surface area contributed by atoms with E-state index in [1.165, 1.54) is 6.92 Å².